The molecule has 0 aromatic heterocycles. The second-order valence-corrected chi connectivity index (χ2v) is 8.63. The lowest BCUT2D eigenvalue weighted by atomic mass is 9.99. The molecule has 0 spiro atoms. The minimum absolute atomic E-state index is 0.106. The molecule has 2 rings (SSSR count). The summed E-state index contributed by atoms with van der Waals surface area (Å²) < 4.78 is 41.5. The predicted octanol–water partition coefficient (Wildman–Crippen LogP) is 4.59. The minimum Gasteiger partial charge on any atom is -0.489 e. The molecule has 1 amide bonds. The molecule has 1 aromatic rings. The summed E-state index contributed by atoms with van der Waals surface area (Å²) in [6.45, 7) is 7.03. The lowest BCUT2D eigenvalue weighted by Gasteiger charge is -2.30. The number of fused-ring (bicyclic) bond motifs is 1. The van der Waals surface area contributed by atoms with Gasteiger partial charge in [0.05, 0.1) is 25.7 Å². The van der Waals surface area contributed by atoms with Gasteiger partial charge in [0.2, 0.25) is 0 Å². The van der Waals surface area contributed by atoms with E-state index in [0.717, 1.165) is 5.56 Å². The van der Waals surface area contributed by atoms with Crippen molar-refractivity contribution in [3.8, 4) is 5.75 Å². The number of hydrogen-bond acceptors (Lipinski definition) is 5. The molecular formula is C20H29FNO5P. The first kappa shape index (κ1) is 22.6. The van der Waals surface area contributed by atoms with Crippen LogP contribution in [0, 0.1) is 0 Å². The molecule has 1 heterocycles. The molecule has 0 atom stereocenters. The molecule has 1 aromatic carbocycles. The molecule has 8 heteroatoms. The van der Waals surface area contributed by atoms with Gasteiger partial charge in [-0.05, 0) is 56.0 Å². The predicted molar refractivity (Wildman–Crippen MR) is 107 cm³/mol. The summed E-state index contributed by atoms with van der Waals surface area (Å²) >= 11 is 0. The standard InChI is InChI=1S/C20H29FNO5P/c1-4-16(14-21)15-25-18-7-8-19-17(13-18)9-10-22(20(19)23)11-12-28(24,26-5-2)27-6-3/h7-8,13-14H,4-6,9-12,15H2,1-3H3/b16-14-. The van der Waals surface area contributed by atoms with Gasteiger partial charge in [-0.15, -0.1) is 0 Å². The van der Waals surface area contributed by atoms with Gasteiger partial charge < -0.3 is 18.7 Å². The number of ether oxygens (including phenoxy) is 1. The van der Waals surface area contributed by atoms with Crippen LogP contribution >= 0.6 is 7.60 Å². The fourth-order valence-electron chi connectivity index (χ4n) is 3.01. The number of hydrogen-bond donors (Lipinski definition) is 0. The van der Waals surface area contributed by atoms with E-state index >= 15 is 0 Å². The van der Waals surface area contributed by atoms with Crippen molar-refractivity contribution in [1.82, 2.24) is 4.90 Å². The van der Waals surface area contributed by atoms with Gasteiger partial charge in [0.15, 0.2) is 0 Å². The first-order chi connectivity index (χ1) is 13.5. The van der Waals surface area contributed by atoms with E-state index in [1.807, 2.05) is 13.0 Å². The second kappa shape index (κ2) is 10.7. The molecule has 0 saturated heterocycles. The summed E-state index contributed by atoms with van der Waals surface area (Å²) in [5.74, 6) is 0.509. The number of benzene rings is 1. The highest BCUT2D eigenvalue weighted by atomic mass is 31.2. The number of carbonyl (C=O) groups excluding carboxylic acids is 1. The molecule has 0 fully saturated rings. The van der Waals surface area contributed by atoms with E-state index in [1.54, 1.807) is 30.9 Å². The van der Waals surface area contributed by atoms with Crippen molar-refractivity contribution in [2.24, 2.45) is 0 Å². The Morgan fingerprint density at radius 2 is 1.96 bits per heavy atom. The van der Waals surface area contributed by atoms with Gasteiger partial charge in [-0.25, -0.2) is 4.39 Å². The Morgan fingerprint density at radius 1 is 1.25 bits per heavy atom. The maximum absolute atomic E-state index is 12.8. The zero-order valence-electron chi connectivity index (χ0n) is 16.8. The number of amides is 1. The van der Waals surface area contributed by atoms with E-state index in [9.17, 15) is 13.8 Å². The summed E-state index contributed by atoms with van der Waals surface area (Å²) in [7, 11) is -3.18. The maximum atomic E-state index is 12.8. The molecule has 0 unspecified atom stereocenters. The van der Waals surface area contributed by atoms with Crippen molar-refractivity contribution < 1.29 is 27.5 Å². The normalized spacial score (nSPS) is 14.9. The summed E-state index contributed by atoms with van der Waals surface area (Å²) in [6.07, 6.45) is 2.00. The van der Waals surface area contributed by atoms with Crippen molar-refractivity contribution in [3.05, 3.63) is 41.2 Å². The topological polar surface area (TPSA) is 65.1 Å². The van der Waals surface area contributed by atoms with E-state index in [4.69, 9.17) is 13.8 Å². The lowest BCUT2D eigenvalue weighted by molar-refractivity contribution is 0.0747. The van der Waals surface area contributed by atoms with Gasteiger partial charge in [0.1, 0.15) is 12.4 Å². The van der Waals surface area contributed by atoms with E-state index < -0.39 is 7.60 Å². The zero-order valence-corrected chi connectivity index (χ0v) is 17.7. The molecule has 0 radical (unpaired) electrons. The fraction of sp³-hybridized carbons (Fsp3) is 0.550. The first-order valence-electron chi connectivity index (χ1n) is 9.67. The van der Waals surface area contributed by atoms with Crippen LogP contribution in [0.5, 0.6) is 5.75 Å². The minimum atomic E-state index is -3.18. The van der Waals surface area contributed by atoms with Gasteiger partial charge >= 0.3 is 7.60 Å². The quantitative estimate of drug-likeness (QED) is 0.497. The SMILES string of the molecule is CCOP(=O)(CCN1CCc2cc(OC/C(=C\F)CC)ccc2C1=O)OCC. The maximum Gasteiger partial charge on any atom is 0.332 e. The molecule has 1 aliphatic rings. The largest absolute Gasteiger partial charge is 0.489 e. The lowest BCUT2D eigenvalue weighted by Crippen LogP contribution is -2.39. The van der Waals surface area contributed by atoms with Gasteiger partial charge in [-0.1, -0.05) is 6.92 Å². The number of halogens is 1. The van der Waals surface area contributed by atoms with Gasteiger partial charge in [0.25, 0.3) is 5.91 Å². The van der Waals surface area contributed by atoms with Crippen LogP contribution in [0.1, 0.15) is 43.1 Å². The third-order valence-corrected chi connectivity index (χ3v) is 6.62. The Bertz CT molecular complexity index is 742. The molecule has 0 N–H and O–H groups in total. The van der Waals surface area contributed by atoms with E-state index in [-0.39, 0.29) is 18.7 Å². The number of carbonyl (C=O) groups is 1. The summed E-state index contributed by atoms with van der Waals surface area (Å²) in [4.78, 5) is 14.4. The average Bonchev–Trinajstić information content (AvgIpc) is 2.68. The van der Waals surface area contributed by atoms with Crippen molar-refractivity contribution in [1.29, 1.82) is 0 Å². The highest BCUT2D eigenvalue weighted by molar-refractivity contribution is 7.53. The third kappa shape index (κ3) is 5.90. The van der Waals surface area contributed by atoms with Crippen LogP contribution in [-0.2, 0) is 20.0 Å². The Labute approximate surface area is 166 Å². The molecule has 1 aliphatic heterocycles. The van der Waals surface area contributed by atoms with E-state index in [2.05, 4.69) is 0 Å². The van der Waals surface area contributed by atoms with Crippen molar-refractivity contribution >= 4 is 13.5 Å². The summed E-state index contributed by atoms with van der Waals surface area (Å²) in [5.41, 5.74) is 2.09. The third-order valence-electron chi connectivity index (χ3n) is 4.57. The van der Waals surface area contributed by atoms with Crippen LogP contribution in [0.4, 0.5) is 4.39 Å². The molecule has 0 aliphatic carbocycles. The van der Waals surface area contributed by atoms with Crippen molar-refractivity contribution in [2.45, 2.75) is 33.6 Å². The molecule has 156 valence electrons. The second-order valence-electron chi connectivity index (χ2n) is 6.44. The Kier molecular flexibility index (Phi) is 8.67. The molecular weight excluding hydrogens is 384 g/mol. The van der Waals surface area contributed by atoms with E-state index in [1.165, 1.54) is 0 Å². The van der Waals surface area contributed by atoms with Crippen LogP contribution in [0.25, 0.3) is 0 Å². The first-order valence-corrected chi connectivity index (χ1v) is 11.4. The summed E-state index contributed by atoms with van der Waals surface area (Å²) in [5, 5.41) is 0. The van der Waals surface area contributed by atoms with Gasteiger partial charge in [-0.3, -0.25) is 9.36 Å². The zero-order chi connectivity index (χ0) is 20.6. The molecule has 28 heavy (non-hydrogen) atoms. The molecule has 0 bridgehead atoms. The fourth-order valence-corrected chi connectivity index (χ4v) is 4.61. The van der Waals surface area contributed by atoms with Crippen LogP contribution < -0.4 is 4.74 Å². The summed E-state index contributed by atoms with van der Waals surface area (Å²) in [6, 6.07) is 5.28. The molecule has 6 nitrogen and oxygen atoms in total. The van der Waals surface area contributed by atoms with Gasteiger partial charge in [-0.2, -0.15) is 0 Å². The van der Waals surface area contributed by atoms with Crippen LogP contribution in [0.3, 0.4) is 0 Å². The smallest absolute Gasteiger partial charge is 0.332 e. The van der Waals surface area contributed by atoms with Crippen LogP contribution in [0.2, 0.25) is 0 Å². The Hall–Kier alpha value is -1.69. The van der Waals surface area contributed by atoms with Crippen LogP contribution in [-0.4, -0.2) is 49.9 Å². The van der Waals surface area contributed by atoms with Gasteiger partial charge in [0, 0.05) is 18.7 Å². The monoisotopic (exact) mass is 413 g/mol. The number of rotatable bonds is 11. The Balaban J connectivity index is 2.01. The Morgan fingerprint density at radius 3 is 2.57 bits per heavy atom. The van der Waals surface area contributed by atoms with E-state index in [0.29, 0.717) is 62.4 Å². The average molecular weight is 413 g/mol. The van der Waals surface area contributed by atoms with Crippen LogP contribution in [0.15, 0.2) is 30.1 Å². The van der Waals surface area contributed by atoms with Crippen molar-refractivity contribution in [2.75, 3.05) is 39.1 Å². The van der Waals surface area contributed by atoms with Crippen molar-refractivity contribution in [3.63, 3.8) is 0 Å². The number of nitrogens with zero attached hydrogens (tertiary/aromatic N) is 1. The molecule has 0 saturated carbocycles. The highest BCUT2D eigenvalue weighted by Crippen LogP contribution is 2.47. The highest BCUT2D eigenvalue weighted by Gasteiger charge is 2.29.